The van der Waals surface area contributed by atoms with Crippen LogP contribution in [0.3, 0.4) is 0 Å². The molecule has 3 aromatic rings. The van der Waals surface area contributed by atoms with Gasteiger partial charge in [-0.3, -0.25) is 0 Å². The fourth-order valence-electron chi connectivity index (χ4n) is 4.00. The lowest BCUT2D eigenvalue weighted by atomic mass is 9.98. The Bertz CT molecular complexity index is 1160. The van der Waals surface area contributed by atoms with Gasteiger partial charge in [-0.15, -0.1) is 11.3 Å². The predicted molar refractivity (Wildman–Crippen MR) is 127 cm³/mol. The zero-order valence-corrected chi connectivity index (χ0v) is 20.4. The first-order valence-corrected chi connectivity index (χ1v) is 12.9. The van der Waals surface area contributed by atoms with Gasteiger partial charge in [0.2, 0.25) is 10.0 Å². The van der Waals surface area contributed by atoms with Gasteiger partial charge in [0.15, 0.2) is 5.13 Å². The van der Waals surface area contributed by atoms with Crippen molar-refractivity contribution in [2.45, 2.75) is 25.7 Å². The summed E-state index contributed by atoms with van der Waals surface area (Å²) in [7, 11) is -3.48. The molecule has 1 aliphatic rings. The zero-order chi connectivity index (χ0) is 21.5. The summed E-state index contributed by atoms with van der Waals surface area (Å²) in [4.78, 5) is 7.39. The Kier molecular flexibility index (Phi) is 6.03. The second-order valence-corrected chi connectivity index (χ2v) is 11.3. The van der Waals surface area contributed by atoms with E-state index in [0.717, 1.165) is 15.3 Å². The topological polar surface area (TPSA) is 53.5 Å². The first kappa shape index (κ1) is 21.5. The third kappa shape index (κ3) is 4.19. The van der Waals surface area contributed by atoms with E-state index in [0.29, 0.717) is 31.1 Å². The predicted octanol–water partition coefficient (Wildman–Crippen LogP) is 5.01. The highest BCUT2D eigenvalue weighted by Crippen LogP contribution is 2.33. The van der Waals surface area contributed by atoms with Gasteiger partial charge in [0.1, 0.15) is 0 Å². The number of thiazole rings is 1. The van der Waals surface area contributed by atoms with Gasteiger partial charge < -0.3 is 4.90 Å². The van der Waals surface area contributed by atoms with Crippen LogP contribution < -0.4 is 4.90 Å². The Labute approximate surface area is 190 Å². The van der Waals surface area contributed by atoms with E-state index in [1.54, 1.807) is 33.8 Å². The van der Waals surface area contributed by atoms with Crippen molar-refractivity contribution >= 4 is 42.4 Å². The number of anilines is 1. The van der Waals surface area contributed by atoms with E-state index >= 15 is 0 Å². The first-order valence-electron chi connectivity index (χ1n) is 9.80. The number of benzene rings is 2. The molecule has 4 rings (SSSR count). The van der Waals surface area contributed by atoms with E-state index in [2.05, 4.69) is 59.1 Å². The molecule has 1 fully saturated rings. The van der Waals surface area contributed by atoms with Gasteiger partial charge in [0, 0.05) is 41.6 Å². The Morgan fingerprint density at radius 2 is 1.67 bits per heavy atom. The number of aryl methyl sites for hydroxylation is 3. The number of halogens is 1. The fourth-order valence-corrected chi connectivity index (χ4v) is 6.89. The average Bonchev–Trinajstić information content (AvgIpc) is 3.17. The van der Waals surface area contributed by atoms with E-state index < -0.39 is 10.0 Å². The maximum absolute atomic E-state index is 12.9. The van der Waals surface area contributed by atoms with E-state index in [-0.39, 0.29) is 0 Å². The maximum atomic E-state index is 12.9. The highest BCUT2D eigenvalue weighted by molar-refractivity contribution is 9.10. The SMILES string of the molecule is Cc1cc(C)c(-c2csc(N3CCN(S(=O)(=O)c4cccc(Br)c4)CC3)n2)c(C)c1. The molecule has 0 N–H and O–H groups in total. The van der Waals surface area contributed by atoms with E-state index in [4.69, 9.17) is 4.98 Å². The minimum absolute atomic E-state index is 0.326. The van der Waals surface area contributed by atoms with Crippen LogP contribution in [0.5, 0.6) is 0 Å². The summed E-state index contributed by atoms with van der Waals surface area (Å²) in [5, 5.41) is 3.05. The monoisotopic (exact) mass is 505 g/mol. The number of hydrogen-bond donors (Lipinski definition) is 0. The number of nitrogens with zero attached hydrogens (tertiary/aromatic N) is 3. The fraction of sp³-hybridized carbons (Fsp3) is 0.318. The molecule has 0 amide bonds. The highest BCUT2D eigenvalue weighted by Gasteiger charge is 2.29. The normalized spacial score (nSPS) is 15.5. The van der Waals surface area contributed by atoms with Crippen LogP contribution in [0.25, 0.3) is 11.3 Å². The molecule has 158 valence electrons. The Hall–Kier alpha value is -1.74. The summed E-state index contributed by atoms with van der Waals surface area (Å²) in [6, 6.07) is 11.3. The molecule has 5 nitrogen and oxygen atoms in total. The van der Waals surface area contributed by atoms with Crippen molar-refractivity contribution in [3.05, 3.63) is 62.9 Å². The molecule has 1 aliphatic heterocycles. The molecule has 1 aromatic heterocycles. The van der Waals surface area contributed by atoms with Crippen molar-refractivity contribution in [3.8, 4) is 11.3 Å². The van der Waals surface area contributed by atoms with E-state index in [1.165, 1.54) is 22.3 Å². The second kappa shape index (κ2) is 8.42. The highest BCUT2D eigenvalue weighted by atomic mass is 79.9. The number of rotatable bonds is 4. The van der Waals surface area contributed by atoms with Crippen molar-refractivity contribution in [3.63, 3.8) is 0 Å². The van der Waals surface area contributed by atoms with Crippen LogP contribution in [-0.4, -0.2) is 43.9 Å². The van der Waals surface area contributed by atoms with Gasteiger partial charge in [-0.1, -0.05) is 39.7 Å². The molecule has 0 radical (unpaired) electrons. The summed E-state index contributed by atoms with van der Waals surface area (Å²) in [6.45, 7) is 8.52. The summed E-state index contributed by atoms with van der Waals surface area (Å²) in [6.07, 6.45) is 0. The lowest BCUT2D eigenvalue weighted by Gasteiger charge is -2.33. The van der Waals surface area contributed by atoms with Crippen LogP contribution in [0.1, 0.15) is 16.7 Å². The molecule has 1 saturated heterocycles. The molecule has 0 unspecified atom stereocenters. The third-order valence-corrected chi connectivity index (χ3v) is 8.66. The molecule has 2 heterocycles. The number of sulfonamides is 1. The van der Waals surface area contributed by atoms with Gasteiger partial charge in [-0.05, 0) is 50.1 Å². The Morgan fingerprint density at radius 1 is 1.00 bits per heavy atom. The van der Waals surface area contributed by atoms with Crippen LogP contribution in [-0.2, 0) is 10.0 Å². The quantitative estimate of drug-likeness (QED) is 0.500. The van der Waals surface area contributed by atoms with Gasteiger partial charge in [-0.2, -0.15) is 4.31 Å². The van der Waals surface area contributed by atoms with Gasteiger partial charge in [0.25, 0.3) is 0 Å². The molecule has 0 spiro atoms. The molecule has 8 heteroatoms. The van der Waals surface area contributed by atoms with E-state index in [1.807, 2.05) is 6.07 Å². The molecule has 30 heavy (non-hydrogen) atoms. The van der Waals surface area contributed by atoms with Gasteiger partial charge >= 0.3 is 0 Å². The van der Waals surface area contributed by atoms with Crippen molar-refractivity contribution in [1.29, 1.82) is 0 Å². The molecule has 0 atom stereocenters. The minimum atomic E-state index is -3.48. The molecular formula is C22H24BrN3O2S2. The Balaban J connectivity index is 1.49. The maximum Gasteiger partial charge on any atom is 0.243 e. The lowest BCUT2D eigenvalue weighted by molar-refractivity contribution is 0.385. The van der Waals surface area contributed by atoms with Gasteiger partial charge in [0.05, 0.1) is 10.6 Å². The Morgan fingerprint density at radius 3 is 2.30 bits per heavy atom. The minimum Gasteiger partial charge on any atom is -0.345 e. The van der Waals surface area contributed by atoms with Crippen molar-refractivity contribution in [1.82, 2.24) is 9.29 Å². The van der Waals surface area contributed by atoms with Crippen LogP contribution in [0.2, 0.25) is 0 Å². The summed E-state index contributed by atoms with van der Waals surface area (Å²) < 4.78 is 28.2. The number of piperazine rings is 1. The smallest absolute Gasteiger partial charge is 0.243 e. The van der Waals surface area contributed by atoms with Crippen LogP contribution in [0, 0.1) is 20.8 Å². The largest absolute Gasteiger partial charge is 0.345 e. The average molecular weight is 506 g/mol. The summed E-state index contributed by atoms with van der Waals surface area (Å²) in [5.74, 6) is 0. The molecular weight excluding hydrogens is 482 g/mol. The number of aromatic nitrogens is 1. The van der Waals surface area contributed by atoms with Crippen molar-refractivity contribution in [2.24, 2.45) is 0 Å². The first-order chi connectivity index (χ1) is 14.3. The lowest BCUT2D eigenvalue weighted by Crippen LogP contribution is -2.48. The molecule has 2 aromatic carbocycles. The van der Waals surface area contributed by atoms with Crippen LogP contribution in [0.4, 0.5) is 5.13 Å². The van der Waals surface area contributed by atoms with Gasteiger partial charge in [-0.25, -0.2) is 13.4 Å². The molecule has 0 bridgehead atoms. The zero-order valence-electron chi connectivity index (χ0n) is 17.2. The second-order valence-electron chi connectivity index (χ2n) is 7.64. The van der Waals surface area contributed by atoms with Crippen LogP contribution >= 0.6 is 27.3 Å². The number of hydrogen-bond acceptors (Lipinski definition) is 5. The van der Waals surface area contributed by atoms with E-state index in [9.17, 15) is 8.42 Å². The molecule has 0 saturated carbocycles. The molecule has 0 aliphatic carbocycles. The summed E-state index contributed by atoms with van der Waals surface area (Å²) in [5.41, 5.74) is 5.91. The van der Waals surface area contributed by atoms with Crippen molar-refractivity contribution in [2.75, 3.05) is 31.1 Å². The van der Waals surface area contributed by atoms with Crippen LogP contribution in [0.15, 0.2) is 51.1 Å². The standard InChI is InChI=1S/C22H24BrN3O2S2/c1-15-11-16(2)21(17(3)12-15)20-14-29-22(24-20)25-7-9-26(10-8-25)30(27,28)19-6-4-5-18(23)13-19/h4-6,11-14H,7-10H2,1-3H3. The summed E-state index contributed by atoms with van der Waals surface area (Å²) >= 11 is 4.98. The third-order valence-electron chi connectivity index (χ3n) is 5.37. The van der Waals surface area contributed by atoms with Crippen molar-refractivity contribution < 1.29 is 8.42 Å².